The average Bonchev–Trinajstić information content (AvgIpc) is 1.66. The zero-order valence-electron chi connectivity index (χ0n) is 52.8. The molecule has 3 aromatic carbocycles. The van der Waals surface area contributed by atoms with Gasteiger partial charge < -0.3 is 42.6 Å². The van der Waals surface area contributed by atoms with E-state index in [9.17, 15) is 39.6 Å². The molecular formula is C63H90N6O15S3. The predicted octanol–water partition coefficient (Wildman–Crippen LogP) is 8.74. The Bertz CT molecular complexity index is 3360. The van der Waals surface area contributed by atoms with E-state index in [1.54, 1.807) is 21.3 Å². The van der Waals surface area contributed by atoms with E-state index in [0.717, 1.165) is 160 Å². The first kappa shape index (κ1) is 68.3. The van der Waals surface area contributed by atoms with Gasteiger partial charge in [-0.1, -0.05) is 18.2 Å². The van der Waals surface area contributed by atoms with E-state index in [1.807, 2.05) is 111 Å². The number of nitrogens with zero attached hydrogens (tertiary/aromatic N) is 6. The molecular weight excluding hydrogens is 1180 g/mol. The molecule has 21 nitrogen and oxygen atoms in total. The van der Waals surface area contributed by atoms with Crippen LogP contribution in [0.2, 0.25) is 0 Å². The van der Waals surface area contributed by atoms with Gasteiger partial charge in [0.05, 0.1) is 94.2 Å². The lowest BCUT2D eigenvalue weighted by molar-refractivity contribution is -0.133. The van der Waals surface area contributed by atoms with Gasteiger partial charge in [-0.2, -0.15) is 25.3 Å². The molecule has 0 radical (unpaired) electrons. The highest BCUT2D eigenvalue weighted by Gasteiger charge is 2.38. The van der Waals surface area contributed by atoms with Crippen LogP contribution in [0.25, 0.3) is 32.7 Å². The number of aromatic nitrogens is 3. The van der Waals surface area contributed by atoms with Crippen LogP contribution in [0.1, 0.15) is 132 Å². The van der Waals surface area contributed by atoms with Gasteiger partial charge in [0.15, 0.2) is 0 Å². The largest absolute Gasteiger partial charge is 0.496 e. The number of ether oxygens (including phenoxy) is 3. The van der Waals surface area contributed by atoms with Crippen LogP contribution in [0.15, 0.2) is 54.6 Å². The van der Waals surface area contributed by atoms with Crippen LogP contribution >= 0.6 is 0 Å². The lowest BCUT2D eigenvalue weighted by Gasteiger charge is -2.29. The van der Waals surface area contributed by atoms with Crippen LogP contribution in [-0.2, 0) is 96.2 Å². The smallest absolute Gasteiger partial charge is 0.264 e. The molecule has 3 aliphatic carbocycles. The summed E-state index contributed by atoms with van der Waals surface area (Å²) in [5, 5.41) is 2.86. The van der Waals surface area contributed by atoms with Crippen LogP contribution < -0.4 is 14.2 Å². The van der Waals surface area contributed by atoms with Gasteiger partial charge in [-0.3, -0.25) is 26.9 Å². The van der Waals surface area contributed by atoms with Crippen molar-refractivity contribution in [1.82, 2.24) is 28.4 Å². The van der Waals surface area contributed by atoms with Gasteiger partial charge in [0.2, 0.25) is 17.7 Å². The van der Waals surface area contributed by atoms with Crippen molar-refractivity contribution < 1.29 is 66.4 Å². The van der Waals surface area contributed by atoms with Crippen LogP contribution in [0.4, 0.5) is 0 Å². The SMILES string of the molecule is CCN(CC)C(=O)C1CCCc2c1c1c(OC)cccc1n2CCOS(C)(=O)=O.CCN(CC)C(=O)C1CCCc2c1c1c(OC)cccc1n2CCOS(C)(=O)=O.CCN(CC)C(=O)[C@H]1CCCc2c1c1c(OC)cccc1n2CCOS(C)(=O)=O. The number of carbonyl (C=O) groups is 3. The molecule has 24 heteroatoms. The highest BCUT2D eigenvalue weighted by Crippen LogP contribution is 2.47. The Labute approximate surface area is 514 Å². The Morgan fingerprint density at radius 3 is 0.874 bits per heavy atom. The highest BCUT2D eigenvalue weighted by atomic mass is 32.2. The minimum Gasteiger partial charge on any atom is -0.496 e. The number of amides is 3. The normalized spacial score (nSPS) is 16.6. The Morgan fingerprint density at radius 1 is 0.425 bits per heavy atom. The number of fused-ring (bicyclic) bond motifs is 9. The van der Waals surface area contributed by atoms with Gasteiger partial charge in [0, 0.05) is 92.1 Å². The Morgan fingerprint density at radius 2 is 0.667 bits per heavy atom. The van der Waals surface area contributed by atoms with Gasteiger partial charge in [-0.25, -0.2) is 0 Å². The van der Waals surface area contributed by atoms with E-state index in [1.165, 1.54) is 0 Å². The van der Waals surface area contributed by atoms with Crippen molar-refractivity contribution in [3.05, 3.63) is 88.4 Å². The number of rotatable bonds is 24. The molecule has 0 spiro atoms. The predicted molar refractivity (Wildman–Crippen MR) is 339 cm³/mol. The third-order valence-electron chi connectivity index (χ3n) is 17.0. The van der Waals surface area contributed by atoms with E-state index in [4.69, 9.17) is 26.8 Å². The van der Waals surface area contributed by atoms with Crippen LogP contribution in [0, 0.1) is 0 Å². The molecule has 3 amide bonds. The van der Waals surface area contributed by atoms with Crippen molar-refractivity contribution in [2.75, 3.05) is 99.2 Å². The first-order valence-corrected chi connectivity index (χ1v) is 35.8. The summed E-state index contributed by atoms with van der Waals surface area (Å²) >= 11 is 0. The standard InChI is InChI=1S/3C21H30N2O5S/c3*1-5-22(6-2)21(24)15-9-7-10-16-19(15)20-17(11-8-12-18(20)27-3)23(16)13-14-28-29(4,25)26/h3*8,11-12,15H,5-7,9-10,13-14H2,1-4H3/t15-;;/m0../s1. The maximum Gasteiger partial charge on any atom is 0.264 e. The molecule has 0 fully saturated rings. The molecule has 2 unspecified atom stereocenters. The molecule has 9 rings (SSSR count). The number of hydrogen-bond acceptors (Lipinski definition) is 15. The van der Waals surface area contributed by atoms with Gasteiger partial charge in [-0.05, 0) is 152 Å². The van der Waals surface area contributed by atoms with Crippen molar-refractivity contribution in [3.63, 3.8) is 0 Å². The first-order valence-electron chi connectivity index (χ1n) is 30.4. The summed E-state index contributed by atoms with van der Waals surface area (Å²) in [4.78, 5) is 45.5. The van der Waals surface area contributed by atoms with Crippen molar-refractivity contribution in [2.24, 2.45) is 0 Å². The average molecular weight is 1270 g/mol. The van der Waals surface area contributed by atoms with E-state index < -0.39 is 30.4 Å². The number of benzene rings is 3. The van der Waals surface area contributed by atoms with Crippen molar-refractivity contribution >= 4 is 80.8 Å². The lowest BCUT2D eigenvalue weighted by Crippen LogP contribution is -2.36. The maximum atomic E-state index is 13.3. The molecule has 0 aliphatic heterocycles. The molecule has 87 heavy (non-hydrogen) atoms. The third kappa shape index (κ3) is 15.5. The van der Waals surface area contributed by atoms with Crippen LogP contribution in [-0.4, -0.2) is 171 Å². The third-order valence-corrected chi connectivity index (χ3v) is 18.8. The topological polar surface area (TPSA) is 234 Å². The minimum atomic E-state index is -3.51. The summed E-state index contributed by atoms with van der Waals surface area (Å²) in [5.41, 5.74) is 9.18. The van der Waals surface area contributed by atoms with Crippen molar-refractivity contribution in [3.8, 4) is 17.2 Å². The van der Waals surface area contributed by atoms with Gasteiger partial charge in [-0.15, -0.1) is 0 Å². The second kappa shape index (κ2) is 29.9. The zero-order valence-corrected chi connectivity index (χ0v) is 55.3. The highest BCUT2D eigenvalue weighted by molar-refractivity contribution is 7.86. The van der Waals surface area contributed by atoms with Crippen LogP contribution in [0.3, 0.4) is 0 Å². The van der Waals surface area contributed by atoms with E-state index in [0.29, 0.717) is 58.9 Å². The summed E-state index contributed by atoms with van der Waals surface area (Å²) in [6.45, 7) is 17.4. The molecule has 3 aromatic heterocycles. The summed E-state index contributed by atoms with van der Waals surface area (Å²) in [6.07, 6.45) is 10.8. The molecule has 0 bridgehead atoms. The molecule has 0 saturated heterocycles. The summed E-state index contributed by atoms with van der Waals surface area (Å²) in [5.74, 6) is 2.01. The van der Waals surface area contributed by atoms with E-state index >= 15 is 0 Å². The minimum absolute atomic E-state index is 0.0565. The fourth-order valence-electron chi connectivity index (χ4n) is 13.3. The zero-order chi connectivity index (χ0) is 63.5. The fraction of sp³-hybridized carbons (Fsp3) is 0.571. The molecule has 3 atom stereocenters. The monoisotopic (exact) mass is 1270 g/mol. The Balaban J connectivity index is 0.000000186. The Hall–Kier alpha value is -6.18. The first-order chi connectivity index (χ1) is 41.5. The lowest BCUT2D eigenvalue weighted by atomic mass is 9.84. The van der Waals surface area contributed by atoms with Gasteiger partial charge in [0.25, 0.3) is 30.4 Å². The molecule has 0 saturated carbocycles. The number of likely N-dealkylation sites (N-methyl/N-ethyl adjacent to an activating group) is 3. The van der Waals surface area contributed by atoms with Gasteiger partial charge in [0.1, 0.15) is 17.2 Å². The quantitative estimate of drug-likeness (QED) is 0.0515. The van der Waals surface area contributed by atoms with Crippen LogP contribution in [0.5, 0.6) is 17.2 Å². The molecule has 480 valence electrons. The summed E-state index contributed by atoms with van der Waals surface area (Å²) in [7, 11) is -5.61. The maximum absolute atomic E-state index is 13.3. The van der Waals surface area contributed by atoms with Gasteiger partial charge >= 0.3 is 0 Å². The number of carbonyl (C=O) groups excluding carboxylic acids is 3. The fourth-order valence-corrected chi connectivity index (χ4v) is 14.4. The number of hydrogen-bond donors (Lipinski definition) is 0. The van der Waals surface area contributed by atoms with E-state index in [-0.39, 0.29) is 55.3 Å². The number of methoxy groups -OCH3 is 3. The summed E-state index contributed by atoms with van der Waals surface area (Å²) in [6, 6.07) is 17.5. The molecule has 3 heterocycles. The second-order valence-electron chi connectivity index (χ2n) is 22.0. The molecule has 6 aromatic rings. The Kier molecular flexibility index (Phi) is 23.5. The second-order valence-corrected chi connectivity index (χ2v) is 27.0. The van der Waals surface area contributed by atoms with Crippen molar-refractivity contribution in [2.45, 2.75) is 137 Å². The summed E-state index contributed by atoms with van der Waals surface area (Å²) < 4.78 is 107. The molecule has 0 N–H and O–H groups in total. The van der Waals surface area contributed by atoms with E-state index in [2.05, 4.69) is 13.7 Å². The molecule has 3 aliphatic rings. The van der Waals surface area contributed by atoms with Crippen molar-refractivity contribution in [1.29, 1.82) is 0 Å².